The summed E-state index contributed by atoms with van der Waals surface area (Å²) >= 11 is 0. The molecule has 72 valence electrons. The summed E-state index contributed by atoms with van der Waals surface area (Å²) < 4.78 is 5.00. The van der Waals surface area contributed by atoms with Crippen LogP contribution in [0.25, 0.3) is 10.8 Å². The molecule has 0 radical (unpaired) electrons. The van der Waals surface area contributed by atoms with E-state index in [0.29, 0.717) is 12.2 Å². The summed E-state index contributed by atoms with van der Waals surface area (Å²) in [5.74, 6) is 0.604. The molecule has 0 saturated heterocycles. The highest BCUT2D eigenvalue weighted by atomic mass is 16.4. The molecule has 0 unspecified atom stereocenters. The van der Waals surface area contributed by atoms with Gasteiger partial charge in [-0.05, 0) is 17.5 Å². The summed E-state index contributed by atoms with van der Waals surface area (Å²) in [6, 6.07) is 6.74. The van der Waals surface area contributed by atoms with Gasteiger partial charge in [0.15, 0.2) is 0 Å². The van der Waals surface area contributed by atoms with Gasteiger partial charge in [0.2, 0.25) is 0 Å². The lowest BCUT2D eigenvalue weighted by atomic mass is 10.1. The highest BCUT2D eigenvalue weighted by molar-refractivity contribution is 5.86. The first-order valence-corrected chi connectivity index (χ1v) is 4.47. The quantitative estimate of drug-likeness (QED) is 0.748. The van der Waals surface area contributed by atoms with Crippen molar-refractivity contribution in [2.45, 2.75) is 13.3 Å². The van der Waals surface area contributed by atoms with Crippen molar-refractivity contribution >= 4 is 10.8 Å². The number of aryl methyl sites for hydroxylation is 1. The summed E-state index contributed by atoms with van der Waals surface area (Å²) in [6.45, 7) is 1.91. The second-order valence-corrected chi connectivity index (χ2v) is 3.10. The number of rotatable bonds is 1. The maximum absolute atomic E-state index is 11.5. The van der Waals surface area contributed by atoms with Crippen LogP contribution in [-0.4, -0.2) is 5.11 Å². The van der Waals surface area contributed by atoms with E-state index >= 15 is 0 Å². The number of hydrogen-bond donors (Lipinski definition) is 1. The van der Waals surface area contributed by atoms with Crippen molar-refractivity contribution in [1.82, 2.24) is 0 Å². The smallest absolute Gasteiger partial charge is 0.347 e. The average Bonchev–Trinajstić information content (AvgIpc) is 2.17. The minimum atomic E-state index is -0.475. The van der Waals surface area contributed by atoms with Gasteiger partial charge in [0, 0.05) is 6.42 Å². The van der Waals surface area contributed by atoms with E-state index in [0.717, 1.165) is 5.39 Å². The van der Waals surface area contributed by atoms with E-state index in [4.69, 9.17) is 4.42 Å². The van der Waals surface area contributed by atoms with Crippen LogP contribution in [-0.2, 0) is 6.42 Å². The lowest BCUT2D eigenvalue weighted by Gasteiger charge is -2.00. The average molecular weight is 190 g/mol. The van der Waals surface area contributed by atoms with Gasteiger partial charge in [0.1, 0.15) is 16.9 Å². The van der Waals surface area contributed by atoms with Gasteiger partial charge in [-0.1, -0.05) is 19.1 Å². The first kappa shape index (κ1) is 8.81. The van der Waals surface area contributed by atoms with Crippen LogP contribution < -0.4 is 5.63 Å². The van der Waals surface area contributed by atoms with Gasteiger partial charge in [0.25, 0.3) is 0 Å². The van der Waals surface area contributed by atoms with Gasteiger partial charge in [-0.2, -0.15) is 0 Å². The molecule has 0 atom stereocenters. The predicted octanol–water partition coefficient (Wildman–Crippen LogP) is 2.06. The van der Waals surface area contributed by atoms with Crippen LogP contribution in [0.2, 0.25) is 0 Å². The zero-order chi connectivity index (χ0) is 10.1. The minimum absolute atomic E-state index is 0.0288. The fourth-order valence-electron chi connectivity index (χ4n) is 1.45. The van der Waals surface area contributed by atoms with Gasteiger partial charge < -0.3 is 9.52 Å². The molecule has 0 fully saturated rings. The monoisotopic (exact) mass is 190 g/mol. The molecule has 0 aliphatic heterocycles. The fourth-order valence-corrected chi connectivity index (χ4v) is 1.45. The molecule has 0 bridgehead atoms. The normalized spacial score (nSPS) is 10.6. The van der Waals surface area contributed by atoms with E-state index < -0.39 is 5.63 Å². The molecule has 0 spiro atoms. The first-order valence-electron chi connectivity index (χ1n) is 4.47. The zero-order valence-electron chi connectivity index (χ0n) is 7.78. The van der Waals surface area contributed by atoms with Crippen molar-refractivity contribution in [2.75, 3.05) is 0 Å². The topological polar surface area (TPSA) is 50.4 Å². The third-order valence-corrected chi connectivity index (χ3v) is 2.17. The number of phenols is 1. The predicted molar refractivity (Wildman–Crippen MR) is 53.5 cm³/mol. The van der Waals surface area contributed by atoms with Crippen molar-refractivity contribution < 1.29 is 9.52 Å². The van der Waals surface area contributed by atoms with E-state index in [1.165, 1.54) is 6.07 Å². The molecule has 0 amide bonds. The molecule has 3 heteroatoms. The highest BCUT2D eigenvalue weighted by Gasteiger charge is 2.06. The Morgan fingerprint density at radius 3 is 2.93 bits per heavy atom. The molecule has 0 aliphatic rings. The second-order valence-electron chi connectivity index (χ2n) is 3.10. The summed E-state index contributed by atoms with van der Waals surface area (Å²) in [6.07, 6.45) is 0.667. The maximum Gasteiger partial charge on any atom is 0.347 e. The molecule has 0 aliphatic carbocycles. The molecule has 1 aromatic carbocycles. The molecular formula is C11H10O3. The molecule has 14 heavy (non-hydrogen) atoms. The third kappa shape index (κ3) is 1.27. The van der Waals surface area contributed by atoms with E-state index in [9.17, 15) is 9.90 Å². The maximum atomic E-state index is 11.5. The summed E-state index contributed by atoms with van der Waals surface area (Å²) in [5.41, 5.74) is -0.475. The van der Waals surface area contributed by atoms with Crippen LogP contribution >= 0.6 is 0 Å². The SMILES string of the molecule is CCc1cc2cccc(O)c2c(=O)o1. The lowest BCUT2D eigenvalue weighted by Crippen LogP contribution is -2.01. The van der Waals surface area contributed by atoms with E-state index in [1.807, 2.05) is 6.92 Å². The van der Waals surface area contributed by atoms with Gasteiger partial charge in [-0.25, -0.2) is 4.79 Å². The Morgan fingerprint density at radius 2 is 2.21 bits per heavy atom. The Kier molecular flexibility index (Phi) is 2.00. The number of hydrogen-bond acceptors (Lipinski definition) is 3. The number of benzene rings is 1. The largest absolute Gasteiger partial charge is 0.507 e. The van der Waals surface area contributed by atoms with Crippen molar-refractivity contribution in [2.24, 2.45) is 0 Å². The lowest BCUT2D eigenvalue weighted by molar-refractivity contribution is 0.458. The van der Waals surface area contributed by atoms with Crippen molar-refractivity contribution in [1.29, 1.82) is 0 Å². The zero-order valence-corrected chi connectivity index (χ0v) is 7.78. The molecular weight excluding hydrogens is 180 g/mol. The van der Waals surface area contributed by atoms with Crippen LogP contribution in [0.1, 0.15) is 12.7 Å². The first-order chi connectivity index (χ1) is 6.72. The third-order valence-electron chi connectivity index (χ3n) is 2.17. The molecule has 2 aromatic rings. The molecule has 3 nitrogen and oxygen atoms in total. The van der Waals surface area contributed by atoms with Gasteiger partial charge in [-0.15, -0.1) is 0 Å². The van der Waals surface area contributed by atoms with Crippen LogP contribution in [0.4, 0.5) is 0 Å². The fraction of sp³-hybridized carbons (Fsp3) is 0.182. The van der Waals surface area contributed by atoms with Crippen molar-refractivity contribution in [3.05, 3.63) is 40.4 Å². The molecule has 1 heterocycles. The number of fused-ring (bicyclic) bond motifs is 1. The molecule has 1 aromatic heterocycles. The van der Waals surface area contributed by atoms with Gasteiger partial charge in [-0.3, -0.25) is 0 Å². The van der Waals surface area contributed by atoms with Crippen LogP contribution in [0.15, 0.2) is 33.5 Å². The Balaban J connectivity index is 2.90. The Bertz CT molecular complexity index is 526. The Hall–Kier alpha value is -1.77. The Morgan fingerprint density at radius 1 is 1.43 bits per heavy atom. The number of phenolic OH excluding ortho intramolecular Hbond substituents is 1. The Labute approximate surface area is 80.6 Å². The van der Waals surface area contributed by atoms with E-state index in [-0.39, 0.29) is 11.1 Å². The minimum Gasteiger partial charge on any atom is -0.507 e. The van der Waals surface area contributed by atoms with Crippen LogP contribution in [0, 0.1) is 0 Å². The van der Waals surface area contributed by atoms with Crippen molar-refractivity contribution in [3.8, 4) is 5.75 Å². The summed E-state index contributed by atoms with van der Waals surface area (Å²) in [4.78, 5) is 11.5. The second kappa shape index (κ2) is 3.18. The van der Waals surface area contributed by atoms with E-state index in [2.05, 4.69) is 0 Å². The summed E-state index contributed by atoms with van der Waals surface area (Å²) in [5, 5.41) is 10.4. The van der Waals surface area contributed by atoms with Gasteiger partial charge >= 0.3 is 5.63 Å². The van der Waals surface area contributed by atoms with Crippen LogP contribution in [0.3, 0.4) is 0 Å². The molecule has 1 N–H and O–H groups in total. The molecule has 0 saturated carbocycles. The molecule has 2 rings (SSSR count). The van der Waals surface area contributed by atoms with Crippen LogP contribution in [0.5, 0.6) is 5.75 Å². The van der Waals surface area contributed by atoms with E-state index in [1.54, 1.807) is 18.2 Å². The summed E-state index contributed by atoms with van der Waals surface area (Å²) in [7, 11) is 0. The highest BCUT2D eigenvalue weighted by Crippen LogP contribution is 2.21. The van der Waals surface area contributed by atoms with Crippen molar-refractivity contribution in [3.63, 3.8) is 0 Å². The van der Waals surface area contributed by atoms with Gasteiger partial charge in [0.05, 0.1) is 0 Å². The standard InChI is InChI=1S/C11H10O3/c1-2-8-6-7-4-3-5-9(12)10(7)11(13)14-8/h3-6,12H,2H2,1H3. The number of aromatic hydroxyl groups is 1.